The van der Waals surface area contributed by atoms with Gasteiger partial charge in [0.25, 0.3) is 0 Å². The van der Waals surface area contributed by atoms with Crippen LogP contribution in [0.3, 0.4) is 0 Å². The smallest absolute Gasteiger partial charge is 0.162 e. The predicted molar refractivity (Wildman–Crippen MR) is 72.8 cm³/mol. The number of aromatic nitrogens is 2. The zero-order chi connectivity index (χ0) is 12.4. The van der Waals surface area contributed by atoms with E-state index in [4.69, 9.17) is 0 Å². The summed E-state index contributed by atoms with van der Waals surface area (Å²) in [5, 5.41) is 13.6. The van der Waals surface area contributed by atoms with E-state index in [2.05, 4.69) is 20.2 Å². The molecule has 0 radical (unpaired) electrons. The van der Waals surface area contributed by atoms with E-state index in [9.17, 15) is 5.11 Å². The van der Waals surface area contributed by atoms with Crippen LogP contribution in [-0.2, 0) is 0 Å². The molecule has 0 bridgehead atoms. The summed E-state index contributed by atoms with van der Waals surface area (Å²) >= 11 is 1.65. The van der Waals surface area contributed by atoms with Crippen LogP contribution in [0.4, 0.5) is 5.82 Å². The maximum absolute atomic E-state index is 9.52. The van der Waals surface area contributed by atoms with E-state index in [-0.39, 0.29) is 6.10 Å². The summed E-state index contributed by atoms with van der Waals surface area (Å²) < 4.78 is 0. The lowest BCUT2D eigenvalue weighted by molar-refractivity contribution is 0.145. The van der Waals surface area contributed by atoms with Gasteiger partial charge in [0.2, 0.25) is 0 Å². The number of aliphatic hydroxyl groups excluding tert-OH is 1. The highest BCUT2D eigenvalue weighted by atomic mass is 32.1. The lowest BCUT2D eigenvalue weighted by Gasteiger charge is -2.30. The lowest BCUT2D eigenvalue weighted by Crippen LogP contribution is -2.36. The van der Waals surface area contributed by atoms with E-state index in [1.165, 1.54) is 0 Å². The minimum atomic E-state index is -0.153. The van der Waals surface area contributed by atoms with Crippen LogP contribution in [0, 0.1) is 0 Å². The van der Waals surface area contributed by atoms with E-state index < -0.39 is 0 Å². The van der Waals surface area contributed by atoms with E-state index in [0.717, 1.165) is 43.1 Å². The van der Waals surface area contributed by atoms with Crippen LogP contribution in [0.15, 0.2) is 29.1 Å². The minimum absolute atomic E-state index is 0.153. The summed E-state index contributed by atoms with van der Waals surface area (Å²) in [6.07, 6.45) is 3.29. The summed E-state index contributed by atoms with van der Waals surface area (Å²) in [7, 11) is 0. The zero-order valence-electron chi connectivity index (χ0n) is 9.99. The van der Waals surface area contributed by atoms with Crippen molar-refractivity contribution in [1.29, 1.82) is 0 Å². The fourth-order valence-electron chi connectivity index (χ4n) is 2.15. The second kappa shape index (κ2) is 5.04. The molecule has 3 heterocycles. The Hall–Kier alpha value is -1.46. The summed E-state index contributed by atoms with van der Waals surface area (Å²) in [4.78, 5) is 11.1. The maximum Gasteiger partial charge on any atom is 0.162 e. The van der Waals surface area contributed by atoms with Crippen molar-refractivity contribution >= 4 is 17.2 Å². The average molecular weight is 261 g/mol. The van der Waals surface area contributed by atoms with Crippen LogP contribution in [0.5, 0.6) is 0 Å². The summed E-state index contributed by atoms with van der Waals surface area (Å²) in [6, 6.07) is 3.97. The minimum Gasteiger partial charge on any atom is -0.393 e. The number of piperidine rings is 1. The molecule has 3 rings (SSSR count). The second-order valence-electron chi connectivity index (χ2n) is 4.47. The summed E-state index contributed by atoms with van der Waals surface area (Å²) in [5.41, 5.74) is 1.07. The van der Waals surface area contributed by atoms with Gasteiger partial charge in [-0.3, -0.25) is 0 Å². The predicted octanol–water partition coefficient (Wildman–Crippen LogP) is 2.17. The number of aliphatic hydroxyl groups is 1. The first-order chi connectivity index (χ1) is 8.83. The van der Waals surface area contributed by atoms with Crippen molar-refractivity contribution in [1.82, 2.24) is 9.97 Å². The first kappa shape index (κ1) is 11.6. The molecule has 0 spiro atoms. The van der Waals surface area contributed by atoms with Gasteiger partial charge in [0.15, 0.2) is 5.82 Å². The molecule has 4 nitrogen and oxygen atoms in total. The van der Waals surface area contributed by atoms with E-state index in [0.29, 0.717) is 0 Å². The Morgan fingerprint density at radius 3 is 2.83 bits per heavy atom. The van der Waals surface area contributed by atoms with E-state index in [1.54, 1.807) is 17.5 Å². The molecule has 1 fully saturated rings. The van der Waals surface area contributed by atoms with Crippen molar-refractivity contribution in [2.75, 3.05) is 18.0 Å². The van der Waals surface area contributed by atoms with E-state index >= 15 is 0 Å². The summed E-state index contributed by atoms with van der Waals surface area (Å²) in [5.74, 6) is 1.73. The van der Waals surface area contributed by atoms with Gasteiger partial charge < -0.3 is 10.0 Å². The van der Waals surface area contributed by atoms with Gasteiger partial charge in [-0.2, -0.15) is 11.3 Å². The Labute approximate surface area is 110 Å². The molecule has 0 aliphatic carbocycles. The van der Waals surface area contributed by atoms with Crippen LogP contribution >= 0.6 is 11.3 Å². The monoisotopic (exact) mass is 261 g/mol. The Morgan fingerprint density at radius 2 is 2.11 bits per heavy atom. The molecule has 0 atom stereocenters. The van der Waals surface area contributed by atoms with Gasteiger partial charge in [-0.05, 0) is 30.4 Å². The second-order valence-corrected chi connectivity index (χ2v) is 5.25. The summed E-state index contributed by atoms with van der Waals surface area (Å²) in [6.45, 7) is 1.72. The fraction of sp³-hybridized carbons (Fsp3) is 0.385. The molecule has 1 saturated heterocycles. The van der Waals surface area contributed by atoms with Crippen molar-refractivity contribution in [2.45, 2.75) is 18.9 Å². The molecule has 0 saturated carbocycles. The topological polar surface area (TPSA) is 49.2 Å². The number of hydrogen-bond donors (Lipinski definition) is 1. The van der Waals surface area contributed by atoms with E-state index in [1.807, 2.05) is 17.5 Å². The highest BCUT2D eigenvalue weighted by Crippen LogP contribution is 2.22. The zero-order valence-corrected chi connectivity index (χ0v) is 10.8. The average Bonchev–Trinajstić information content (AvgIpc) is 2.94. The molecule has 94 valence electrons. The van der Waals surface area contributed by atoms with Crippen molar-refractivity contribution < 1.29 is 5.11 Å². The normalized spacial score (nSPS) is 17.1. The third-order valence-electron chi connectivity index (χ3n) is 3.21. The highest BCUT2D eigenvalue weighted by molar-refractivity contribution is 7.08. The highest BCUT2D eigenvalue weighted by Gasteiger charge is 2.18. The number of rotatable bonds is 2. The largest absolute Gasteiger partial charge is 0.393 e. The van der Waals surface area contributed by atoms with Gasteiger partial charge in [0, 0.05) is 30.2 Å². The molecule has 5 heteroatoms. The van der Waals surface area contributed by atoms with Crippen LogP contribution in [-0.4, -0.2) is 34.3 Å². The molecule has 18 heavy (non-hydrogen) atoms. The fourth-order valence-corrected chi connectivity index (χ4v) is 2.79. The molecule has 0 aromatic carbocycles. The first-order valence-corrected chi connectivity index (χ1v) is 7.06. The third-order valence-corrected chi connectivity index (χ3v) is 3.89. The molecule has 0 amide bonds. The van der Waals surface area contributed by atoms with Crippen molar-refractivity contribution in [2.24, 2.45) is 0 Å². The molecule has 2 aromatic heterocycles. The van der Waals surface area contributed by atoms with Gasteiger partial charge >= 0.3 is 0 Å². The Balaban J connectivity index is 1.83. The SMILES string of the molecule is OC1CCN(c2ccnc(-c3ccsc3)n2)CC1. The first-order valence-electron chi connectivity index (χ1n) is 6.11. The quantitative estimate of drug-likeness (QED) is 0.900. The van der Waals surface area contributed by atoms with Crippen molar-refractivity contribution in [3.05, 3.63) is 29.1 Å². The molecule has 1 aliphatic rings. The third kappa shape index (κ3) is 2.37. The molecule has 2 aromatic rings. The number of thiophene rings is 1. The molecule has 1 N–H and O–H groups in total. The van der Waals surface area contributed by atoms with Crippen LogP contribution < -0.4 is 4.90 Å². The van der Waals surface area contributed by atoms with Crippen molar-refractivity contribution in [3.63, 3.8) is 0 Å². The van der Waals surface area contributed by atoms with Crippen LogP contribution in [0.2, 0.25) is 0 Å². The molecular weight excluding hydrogens is 246 g/mol. The van der Waals surface area contributed by atoms with Crippen molar-refractivity contribution in [3.8, 4) is 11.4 Å². The van der Waals surface area contributed by atoms with Gasteiger partial charge in [-0.25, -0.2) is 9.97 Å². The van der Waals surface area contributed by atoms with Crippen LogP contribution in [0.1, 0.15) is 12.8 Å². The van der Waals surface area contributed by atoms with Gasteiger partial charge in [-0.15, -0.1) is 0 Å². The molecular formula is C13H15N3OS. The number of anilines is 1. The van der Waals surface area contributed by atoms with Gasteiger partial charge in [0.05, 0.1) is 6.10 Å². The molecule has 1 aliphatic heterocycles. The standard InChI is InChI=1S/C13H15N3OS/c17-11-2-6-16(7-3-11)12-1-5-14-13(15-12)10-4-8-18-9-10/h1,4-5,8-9,11,17H,2-3,6-7H2. The Morgan fingerprint density at radius 1 is 1.28 bits per heavy atom. The Kier molecular flexibility index (Phi) is 3.25. The number of hydrogen-bond acceptors (Lipinski definition) is 5. The molecule has 0 unspecified atom stereocenters. The van der Waals surface area contributed by atoms with Crippen LogP contribution in [0.25, 0.3) is 11.4 Å². The Bertz CT molecular complexity index is 507. The number of nitrogens with zero attached hydrogens (tertiary/aromatic N) is 3. The maximum atomic E-state index is 9.52. The van der Waals surface area contributed by atoms with Gasteiger partial charge in [-0.1, -0.05) is 0 Å². The lowest BCUT2D eigenvalue weighted by atomic mass is 10.1. The van der Waals surface area contributed by atoms with Gasteiger partial charge in [0.1, 0.15) is 5.82 Å².